The van der Waals surface area contributed by atoms with Crippen LogP contribution in [0.4, 0.5) is 13.2 Å². The van der Waals surface area contributed by atoms with Gasteiger partial charge in [-0.1, -0.05) is 12.1 Å². The van der Waals surface area contributed by atoms with Gasteiger partial charge in [-0.15, -0.1) is 11.3 Å². The second-order valence-electron chi connectivity index (χ2n) is 7.61. The lowest BCUT2D eigenvalue weighted by molar-refractivity contribution is -0.134. The van der Waals surface area contributed by atoms with E-state index in [0.29, 0.717) is 11.3 Å². The molecular weight excluding hydrogens is 387 g/mol. The summed E-state index contributed by atoms with van der Waals surface area (Å²) < 4.78 is 38.8. The average molecular weight is 405 g/mol. The number of fused-ring (bicyclic) bond motifs is 1. The van der Waals surface area contributed by atoms with E-state index in [0.717, 1.165) is 47.1 Å². The van der Waals surface area contributed by atoms with Crippen molar-refractivity contribution < 1.29 is 18.0 Å². The molecule has 4 nitrogen and oxygen atoms in total. The van der Waals surface area contributed by atoms with Gasteiger partial charge in [-0.2, -0.15) is 13.2 Å². The first kappa shape index (κ1) is 17.7. The Kier molecular flexibility index (Phi) is 4.01. The van der Waals surface area contributed by atoms with Crippen molar-refractivity contribution >= 4 is 28.3 Å². The lowest BCUT2D eigenvalue weighted by Gasteiger charge is -2.17. The number of hydrogen-bond donors (Lipinski definition) is 2. The number of carbonyl (C=O) groups is 1. The Labute approximate surface area is 163 Å². The number of aromatic amines is 1. The number of halogens is 3. The van der Waals surface area contributed by atoms with Crippen molar-refractivity contribution in [3.8, 4) is 0 Å². The molecule has 2 N–H and O–H groups in total. The number of nitrogens with one attached hydrogen (secondary N) is 2. The van der Waals surface area contributed by atoms with E-state index in [2.05, 4.69) is 15.3 Å². The molecule has 2 fully saturated rings. The molecule has 3 aromatic rings. The zero-order chi connectivity index (χ0) is 19.5. The van der Waals surface area contributed by atoms with Crippen molar-refractivity contribution in [1.82, 2.24) is 15.3 Å². The minimum absolute atomic E-state index is 0.0429. The number of carbonyl (C=O) groups excluding carboxylic acids is 1. The summed E-state index contributed by atoms with van der Waals surface area (Å²) >= 11 is 0.732. The Morgan fingerprint density at radius 1 is 1.21 bits per heavy atom. The summed E-state index contributed by atoms with van der Waals surface area (Å²) in [5.41, 5.74) is 1.82. The summed E-state index contributed by atoms with van der Waals surface area (Å²) in [7, 11) is 0. The molecule has 1 aromatic carbocycles. The van der Waals surface area contributed by atoms with Crippen LogP contribution >= 0.6 is 11.3 Å². The number of aromatic nitrogens is 2. The van der Waals surface area contributed by atoms with E-state index in [1.165, 1.54) is 6.07 Å². The predicted octanol–water partition coefficient (Wildman–Crippen LogP) is 5.01. The molecule has 2 aliphatic rings. The van der Waals surface area contributed by atoms with Crippen LogP contribution in [-0.4, -0.2) is 15.9 Å². The fourth-order valence-electron chi connectivity index (χ4n) is 3.72. The molecular formula is C20H18F3N3OS. The normalized spacial score (nSPS) is 23.0. The molecule has 2 aliphatic carbocycles. The molecule has 3 atom stereocenters. The maximum Gasteiger partial charge on any atom is 0.425 e. The number of benzene rings is 1. The molecule has 2 heterocycles. The number of para-hydroxylation sites is 2. The van der Waals surface area contributed by atoms with Crippen LogP contribution in [0.1, 0.15) is 46.8 Å². The van der Waals surface area contributed by atoms with Gasteiger partial charge in [0.05, 0.1) is 17.1 Å². The van der Waals surface area contributed by atoms with E-state index in [9.17, 15) is 18.0 Å². The highest BCUT2D eigenvalue weighted by atomic mass is 32.1. The lowest BCUT2D eigenvalue weighted by Crippen LogP contribution is -2.31. The molecule has 2 aromatic heterocycles. The van der Waals surface area contributed by atoms with Crippen LogP contribution in [0.2, 0.25) is 0 Å². The number of rotatable bonds is 5. The van der Waals surface area contributed by atoms with E-state index >= 15 is 0 Å². The van der Waals surface area contributed by atoms with Crippen molar-refractivity contribution in [2.75, 3.05) is 0 Å². The van der Waals surface area contributed by atoms with E-state index < -0.39 is 11.1 Å². The third-order valence-corrected chi connectivity index (χ3v) is 6.70. The molecule has 0 spiro atoms. The summed E-state index contributed by atoms with van der Waals surface area (Å²) in [5.74, 6) is 0.807. The van der Waals surface area contributed by atoms with Gasteiger partial charge in [-0.25, -0.2) is 4.98 Å². The number of nitrogens with zero attached hydrogens (tertiary/aromatic N) is 1. The zero-order valence-corrected chi connectivity index (χ0v) is 15.6. The second-order valence-corrected chi connectivity index (χ2v) is 8.73. The topological polar surface area (TPSA) is 57.8 Å². The van der Waals surface area contributed by atoms with Crippen LogP contribution in [0.15, 0.2) is 36.4 Å². The molecule has 0 aliphatic heterocycles. The van der Waals surface area contributed by atoms with Crippen molar-refractivity contribution in [2.24, 2.45) is 11.8 Å². The van der Waals surface area contributed by atoms with Crippen LogP contribution in [0.3, 0.4) is 0 Å². The van der Waals surface area contributed by atoms with Gasteiger partial charge in [0.25, 0.3) is 0 Å². The number of thiophene rings is 1. The molecule has 0 bridgehead atoms. The van der Waals surface area contributed by atoms with E-state index in [-0.39, 0.29) is 29.7 Å². The zero-order valence-electron chi connectivity index (χ0n) is 14.8. The summed E-state index contributed by atoms with van der Waals surface area (Å²) in [5, 5.41) is 3.02. The maximum absolute atomic E-state index is 12.9. The third-order valence-electron chi connectivity index (χ3n) is 5.49. The fourth-order valence-corrected chi connectivity index (χ4v) is 4.74. The molecule has 8 heteroatoms. The Morgan fingerprint density at radius 3 is 2.68 bits per heavy atom. The number of hydrogen-bond acceptors (Lipinski definition) is 3. The second kappa shape index (κ2) is 6.34. The van der Waals surface area contributed by atoms with Crippen molar-refractivity contribution in [3.05, 3.63) is 52.0 Å². The minimum atomic E-state index is -4.34. The highest BCUT2D eigenvalue weighted by Gasteiger charge is 2.47. The first-order valence-electron chi connectivity index (χ1n) is 9.32. The highest BCUT2D eigenvalue weighted by molar-refractivity contribution is 7.12. The van der Waals surface area contributed by atoms with Gasteiger partial charge >= 0.3 is 6.18 Å². The molecule has 5 rings (SSSR count). The third kappa shape index (κ3) is 3.30. The Morgan fingerprint density at radius 2 is 2.00 bits per heavy atom. The number of amides is 1. The maximum atomic E-state index is 12.9. The molecule has 0 unspecified atom stereocenters. The Bertz CT molecular complexity index is 1000. The van der Waals surface area contributed by atoms with Crippen molar-refractivity contribution in [1.29, 1.82) is 0 Å². The van der Waals surface area contributed by atoms with Crippen molar-refractivity contribution in [3.63, 3.8) is 0 Å². The Hall–Kier alpha value is -2.35. The summed E-state index contributed by atoms with van der Waals surface area (Å²) in [4.78, 5) is 20.6. The SMILES string of the molecule is O=C(N[C@@H](c1ccc(C(F)(F)F)s1)C1CC1)[C@H]1C[C@@H]1c1nc2ccccc2[nH]1. The highest BCUT2D eigenvalue weighted by Crippen LogP contribution is 2.49. The monoisotopic (exact) mass is 405 g/mol. The van der Waals surface area contributed by atoms with Crippen LogP contribution < -0.4 is 5.32 Å². The van der Waals surface area contributed by atoms with Crippen LogP contribution in [-0.2, 0) is 11.0 Å². The number of imidazole rings is 1. The molecule has 0 radical (unpaired) electrons. The summed E-state index contributed by atoms with van der Waals surface area (Å²) in [6.45, 7) is 0. The quantitative estimate of drug-likeness (QED) is 0.627. The number of alkyl halides is 3. The van der Waals surface area contributed by atoms with Gasteiger partial charge in [0.15, 0.2) is 0 Å². The van der Waals surface area contributed by atoms with Gasteiger partial charge in [0.2, 0.25) is 5.91 Å². The Balaban J connectivity index is 1.29. The minimum Gasteiger partial charge on any atom is -0.348 e. The molecule has 0 saturated heterocycles. The van der Waals surface area contributed by atoms with Gasteiger partial charge in [-0.3, -0.25) is 4.79 Å². The van der Waals surface area contributed by atoms with Crippen LogP contribution in [0.5, 0.6) is 0 Å². The first-order chi connectivity index (χ1) is 13.4. The number of H-pyrrole nitrogens is 1. The largest absolute Gasteiger partial charge is 0.425 e. The fraction of sp³-hybridized carbons (Fsp3) is 0.400. The van der Waals surface area contributed by atoms with Gasteiger partial charge < -0.3 is 10.3 Å². The van der Waals surface area contributed by atoms with Gasteiger partial charge in [0, 0.05) is 16.7 Å². The van der Waals surface area contributed by atoms with Crippen LogP contribution in [0.25, 0.3) is 11.0 Å². The lowest BCUT2D eigenvalue weighted by atomic mass is 10.1. The first-order valence-corrected chi connectivity index (χ1v) is 10.1. The van der Waals surface area contributed by atoms with Gasteiger partial charge in [0.1, 0.15) is 10.7 Å². The van der Waals surface area contributed by atoms with E-state index in [1.54, 1.807) is 0 Å². The standard InChI is InChI=1S/C20H18F3N3OS/c21-20(22,23)16-8-7-15(28-16)17(10-5-6-10)26-19(27)12-9-11(12)18-24-13-3-1-2-4-14(13)25-18/h1-4,7-8,10-12,17H,5-6,9H2,(H,24,25)(H,26,27)/t11-,12-,17+/m0/s1. The summed E-state index contributed by atoms with van der Waals surface area (Å²) in [6.07, 6.45) is -1.77. The smallest absolute Gasteiger partial charge is 0.348 e. The average Bonchev–Trinajstić information content (AvgIpc) is 3.55. The summed E-state index contributed by atoms with van der Waals surface area (Å²) in [6, 6.07) is 9.99. The van der Waals surface area contributed by atoms with Gasteiger partial charge in [-0.05, 0) is 49.4 Å². The molecule has 1 amide bonds. The van der Waals surface area contributed by atoms with Crippen LogP contribution in [0, 0.1) is 11.8 Å². The molecule has 28 heavy (non-hydrogen) atoms. The molecule has 146 valence electrons. The van der Waals surface area contributed by atoms with Crippen molar-refractivity contribution in [2.45, 2.75) is 37.4 Å². The predicted molar refractivity (Wildman–Crippen MR) is 99.9 cm³/mol. The van der Waals surface area contributed by atoms with E-state index in [4.69, 9.17) is 0 Å². The molecule has 2 saturated carbocycles. The van der Waals surface area contributed by atoms with E-state index in [1.807, 2.05) is 24.3 Å².